The molecule has 0 atom stereocenters. The van der Waals surface area contributed by atoms with Gasteiger partial charge in [0.25, 0.3) is 0 Å². The molecule has 120 valence electrons. The molecule has 1 amide bonds. The lowest BCUT2D eigenvalue weighted by atomic mass is 10.1. The largest absolute Gasteiger partial charge is 0.478 e. The second kappa shape index (κ2) is 8.08. The molecule has 0 aliphatic carbocycles. The molecule has 5 nitrogen and oxygen atoms in total. The first-order valence-corrected chi connectivity index (χ1v) is 7.61. The van der Waals surface area contributed by atoms with Gasteiger partial charge in [-0.1, -0.05) is 31.2 Å². The van der Waals surface area contributed by atoms with Crippen molar-refractivity contribution in [2.45, 2.75) is 32.7 Å². The fourth-order valence-electron chi connectivity index (χ4n) is 2.18. The van der Waals surface area contributed by atoms with Crippen LogP contribution in [0.15, 0.2) is 42.6 Å². The molecule has 0 spiro atoms. The number of nitrogens with zero attached hydrogens (tertiary/aromatic N) is 1. The molecule has 0 radical (unpaired) electrons. The summed E-state index contributed by atoms with van der Waals surface area (Å²) in [5.41, 5.74) is 3.11. The van der Waals surface area contributed by atoms with E-state index >= 15 is 0 Å². The molecule has 23 heavy (non-hydrogen) atoms. The molecule has 1 aromatic heterocycles. The highest BCUT2D eigenvalue weighted by Crippen LogP contribution is 2.07. The maximum absolute atomic E-state index is 11.9. The van der Waals surface area contributed by atoms with Crippen LogP contribution in [0.4, 0.5) is 0 Å². The minimum atomic E-state index is -1.00. The Hall–Kier alpha value is -2.69. The van der Waals surface area contributed by atoms with Gasteiger partial charge in [0.1, 0.15) is 0 Å². The van der Waals surface area contributed by atoms with E-state index in [4.69, 9.17) is 5.11 Å². The molecular formula is C18H20N2O3. The summed E-state index contributed by atoms with van der Waals surface area (Å²) in [7, 11) is 0. The van der Waals surface area contributed by atoms with Crippen LogP contribution in [-0.4, -0.2) is 22.0 Å². The number of hydrogen-bond acceptors (Lipinski definition) is 3. The lowest BCUT2D eigenvalue weighted by molar-refractivity contribution is -0.121. The van der Waals surface area contributed by atoms with E-state index in [1.807, 2.05) is 12.1 Å². The van der Waals surface area contributed by atoms with Crippen LogP contribution < -0.4 is 5.32 Å². The van der Waals surface area contributed by atoms with Crippen molar-refractivity contribution in [1.82, 2.24) is 10.3 Å². The molecule has 0 saturated carbocycles. The number of aromatic nitrogens is 1. The fraction of sp³-hybridized carbons (Fsp3) is 0.278. The number of aryl methyl sites for hydroxylation is 2. The molecule has 2 rings (SSSR count). The minimum absolute atomic E-state index is 0.0768. The van der Waals surface area contributed by atoms with Crippen molar-refractivity contribution in [2.24, 2.45) is 0 Å². The number of carbonyl (C=O) groups excluding carboxylic acids is 1. The highest BCUT2D eigenvalue weighted by Gasteiger charge is 2.06. The molecule has 1 aromatic carbocycles. The number of nitrogens with one attached hydrogen (secondary N) is 1. The number of benzene rings is 1. The zero-order chi connectivity index (χ0) is 16.7. The maximum Gasteiger partial charge on any atom is 0.335 e. The van der Waals surface area contributed by atoms with Crippen LogP contribution in [0.3, 0.4) is 0 Å². The van der Waals surface area contributed by atoms with E-state index < -0.39 is 5.97 Å². The monoisotopic (exact) mass is 312 g/mol. The number of rotatable bonds is 7. The summed E-state index contributed by atoms with van der Waals surface area (Å²) < 4.78 is 0. The van der Waals surface area contributed by atoms with Crippen molar-refractivity contribution < 1.29 is 14.7 Å². The van der Waals surface area contributed by atoms with Crippen LogP contribution in [-0.2, 0) is 24.2 Å². The third-order valence-corrected chi connectivity index (χ3v) is 3.60. The Kier molecular flexibility index (Phi) is 5.86. The van der Waals surface area contributed by atoms with Gasteiger partial charge in [0, 0.05) is 12.6 Å². The van der Waals surface area contributed by atoms with Crippen LogP contribution in [0.1, 0.15) is 40.5 Å². The lowest BCUT2D eigenvalue weighted by Crippen LogP contribution is -2.23. The molecule has 2 aromatic rings. The summed E-state index contributed by atoms with van der Waals surface area (Å²) in [6.07, 6.45) is 3.51. The summed E-state index contributed by atoms with van der Waals surface area (Å²) in [4.78, 5) is 26.8. The quantitative estimate of drug-likeness (QED) is 0.823. The predicted octanol–water partition coefficient (Wildman–Crippen LogP) is 2.59. The fourth-order valence-corrected chi connectivity index (χ4v) is 2.18. The first-order valence-electron chi connectivity index (χ1n) is 7.61. The van der Waals surface area contributed by atoms with E-state index in [-0.39, 0.29) is 18.0 Å². The van der Waals surface area contributed by atoms with Crippen LogP contribution in [0.5, 0.6) is 0 Å². The number of carbonyl (C=O) groups is 2. The van der Waals surface area contributed by atoms with Crippen molar-refractivity contribution in [3.63, 3.8) is 0 Å². The Bertz CT molecular complexity index is 681. The first-order chi connectivity index (χ1) is 11.1. The smallest absolute Gasteiger partial charge is 0.335 e. The third-order valence-electron chi connectivity index (χ3n) is 3.60. The van der Waals surface area contributed by atoms with Crippen molar-refractivity contribution in [3.8, 4) is 0 Å². The summed E-state index contributed by atoms with van der Waals surface area (Å²) in [5, 5.41) is 11.7. The van der Waals surface area contributed by atoms with E-state index in [9.17, 15) is 9.59 Å². The van der Waals surface area contributed by atoms with Gasteiger partial charge in [-0.3, -0.25) is 9.78 Å². The number of hydrogen-bond donors (Lipinski definition) is 2. The summed E-state index contributed by atoms with van der Waals surface area (Å²) in [6.45, 7) is 2.34. The highest BCUT2D eigenvalue weighted by molar-refractivity contribution is 5.87. The average molecular weight is 312 g/mol. The van der Waals surface area contributed by atoms with Gasteiger partial charge < -0.3 is 10.4 Å². The van der Waals surface area contributed by atoms with Gasteiger partial charge in [0.15, 0.2) is 0 Å². The van der Waals surface area contributed by atoms with Gasteiger partial charge in [-0.25, -0.2) is 4.79 Å². The Morgan fingerprint density at radius 3 is 2.48 bits per heavy atom. The summed E-state index contributed by atoms with van der Waals surface area (Å²) in [5.74, 6) is -1.08. The topological polar surface area (TPSA) is 79.3 Å². The van der Waals surface area contributed by atoms with E-state index in [0.717, 1.165) is 12.0 Å². The van der Waals surface area contributed by atoms with Crippen LogP contribution in [0.25, 0.3) is 0 Å². The Balaban J connectivity index is 1.80. The Labute approximate surface area is 135 Å². The lowest BCUT2D eigenvalue weighted by Gasteiger charge is -2.06. The van der Waals surface area contributed by atoms with Crippen molar-refractivity contribution in [2.75, 3.05) is 0 Å². The zero-order valence-electron chi connectivity index (χ0n) is 13.1. The Morgan fingerprint density at radius 2 is 1.83 bits per heavy atom. The van der Waals surface area contributed by atoms with Gasteiger partial charge in [-0.15, -0.1) is 0 Å². The number of amides is 1. The number of aromatic carboxylic acids is 1. The molecule has 0 aliphatic heterocycles. The van der Waals surface area contributed by atoms with Crippen molar-refractivity contribution in [1.29, 1.82) is 0 Å². The van der Waals surface area contributed by atoms with Crippen LogP contribution in [0.2, 0.25) is 0 Å². The Morgan fingerprint density at radius 1 is 1.13 bits per heavy atom. The standard InChI is InChI=1S/C18H20N2O3/c1-2-13-3-5-14(6-4-13)7-8-17(21)20-12-16-11-15(18(22)23)9-10-19-16/h3-6,9-11H,2,7-8,12H2,1H3,(H,20,21)(H,22,23). The second-order valence-corrected chi connectivity index (χ2v) is 5.29. The molecule has 0 bridgehead atoms. The van der Waals surface area contributed by atoms with Gasteiger partial charge >= 0.3 is 5.97 Å². The molecule has 0 aliphatic rings. The molecule has 0 fully saturated rings. The summed E-state index contributed by atoms with van der Waals surface area (Å²) in [6, 6.07) is 11.1. The summed E-state index contributed by atoms with van der Waals surface area (Å²) >= 11 is 0. The van der Waals surface area contributed by atoms with Crippen molar-refractivity contribution >= 4 is 11.9 Å². The van der Waals surface area contributed by atoms with E-state index in [0.29, 0.717) is 18.5 Å². The first kappa shape index (κ1) is 16.7. The third kappa shape index (κ3) is 5.21. The number of carboxylic acids is 1. The van der Waals surface area contributed by atoms with Gasteiger partial charge in [0.05, 0.1) is 17.8 Å². The minimum Gasteiger partial charge on any atom is -0.478 e. The van der Waals surface area contributed by atoms with E-state index in [1.54, 1.807) is 0 Å². The normalized spacial score (nSPS) is 10.3. The molecule has 0 unspecified atom stereocenters. The molecule has 1 heterocycles. The van der Waals surface area contributed by atoms with Crippen LogP contribution in [0, 0.1) is 0 Å². The van der Waals surface area contributed by atoms with Gasteiger partial charge in [0.2, 0.25) is 5.91 Å². The molecular weight excluding hydrogens is 292 g/mol. The maximum atomic E-state index is 11.9. The average Bonchev–Trinajstić information content (AvgIpc) is 2.58. The van der Waals surface area contributed by atoms with E-state index in [2.05, 4.69) is 29.4 Å². The zero-order valence-corrected chi connectivity index (χ0v) is 13.1. The highest BCUT2D eigenvalue weighted by atomic mass is 16.4. The van der Waals surface area contributed by atoms with Gasteiger partial charge in [-0.2, -0.15) is 0 Å². The van der Waals surface area contributed by atoms with Crippen molar-refractivity contribution in [3.05, 3.63) is 65.0 Å². The van der Waals surface area contributed by atoms with Gasteiger partial charge in [-0.05, 0) is 36.1 Å². The van der Waals surface area contributed by atoms with Crippen LogP contribution >= 0.6 is 0 Å². The van der Waals surface area contributed by atoms with E-state index in [1.165, 1.54) is 23.9 Å². The second-order valence-electron chi connectivity index (χ2n) is 5.29. The number of carboxylic acid groups (broad SMARTS) is 1. The molecule has 0 saturated heterocycles. The molecule has 5 heteroatoms. The number of pyridine rings is 1. The predicted molar refractivity (Wildman–Crippen MR) is 87.2 cm³/mol. The SMILES string of the molecule is CCc1ccc(CCC(=O)NCc2cc(C(=O)O)ccn2)cc1. The molecule has 2 N–H and O–H groups in total.